The standard InChI is InChI=1S/C39H40N4O9S/c1-49-29-14-16-30(17-15-29)53(47,48)43(18-20-44)19-21-50-37-23-28(32-25-51-35-9-5-2-6-31(32)35)22-36(52-37)39(46)41-24-26-10-12-27(13-11-26)38(45)42-34-8-4-3-7-33(34)40/h2-17,22,25,28,37,44H,18-21,23-24,40H2,1H3,(H,41,46)(H,42,45)/t28-,37+/m0/s1. The highest BCUT2D eigenvalue weighted by atomic mass is 32.2. The van der Waals surface area contributed by atoms with Crippen molar-refractivity contribution in [2.75, 3.05) is 44.5 Å². The van der Waals surface area contributed by atoms with Crippen molar-refractivity contribution in [2.24, 2.45) is 0 Å². The number of benzene rings is 4. The third-order valence-electron chi connectivity index (χ3n) is 8.76. The Labute approximate surface area is 307 Å². The van der Waals surface area contributed by atoms with Gasteiger partial charge in [-0.1, -0.05) is 42.5 Å². The van der Waals surface area contributed by atoms with E-state index in [0.29, 0.717) is 34.7 Å². The Hall–Kier alpha value is -5.67. The van der Waals surface area contributed by atoms with Gasteiger partial charge in [0.2, 0.25) is 16.3 Å². The van der Waals surface area contributed by atoms with Gasteiger partial charge >= 0.3 is 0 Å². The number of rotatable bonds is 15. The number of aliphatic hydroxyl groups is 1. The molecular formula is C39H40N4O9S. The first-order valence-corrected chi connectivity index (χ1v) is 18.3. The lowest BCUT2D eigenvalue weighted by Gasteiger charge is -2.30. The molecule has 0 aliphatic carbocycles. The topological polar surface area (TPSA) is 183 Å². The summed E-state index contributed by atoms with van der Waals surface area (Å²) < 4.78 is 51.0. The number of aliphatic hydroxyl groups excluding tert-OH is 1. The van der Waals surface area contributed by atoms with Gasteiger partial charge < -0.3 is 40.1 Å². The van der Waals surface area contributed by atoms with Crippen LogP contribution in [0, 0.1) is 0 Å². The van der Waals surface area contributed by atoms with Crippen molar-refractivity contribution >= 4 is 44.2 Å². The molecule has 0 bridgehead atoms. The van der Waals surface area contributed by atoms with Gasteiger partial charge in [0, 0.05) is 48.5 Å². The molecule has 13 nitrogen and oxygen atoms in total. The predicted molar refractivity (Wildman–Crippen MR) is 198 cm³/mol. The normalized spacial score (nSPS) is 15.8. The van der Waals surface area contributed by atoms with Crippen LogP contribution in [-0.2, 0) is 30.8 Å². The van der Waals surface area contributed by atoms with Crippen LogP contribution in [0.25, 0.3) is 11.0 Å². The Morgan fingerprint density at radius 2 is 1.68 bits per heavy atom. The van der Waals surface area contributed by atoms with Gasteiger partial charge in [0.25, 0.3) is 11.8 Å². The zero-order chi connectivity index (χ0) is 37.4. The zero-order valence-electron chi connectivity index (χ0n) is 28.9. The van der Waals surface area contributed by atoms with E-state index in [2.05, 4.69) is 10.6 Å². The molecule has 0 spiro atoms. The zero-order valence-corrected chi connectivity index (χ0v) is 29.8. The number of fused-ring (bicyclic) bond motifs is 1. The van der Waals surface area contributed by atoms with Crippen LogP contribution in [0.2, 0.25) is 0 Å². The molecule has 0 saturated heterocycles. The van der Waals surface area contributed by atoms with Gasteiger partial charge in [0.15, 0.2) is 5.76 Å². The summed E-state index contributed by atoms with van der Waals surface area (Å²) in [5.41, 5.74) is 9.62. The van der Waals surface area contributed by atoms with Crippen LogP contribution in [0.4, 0.5) is 11.4 Å². The van der Waals surface area contributed by atoms with Crippen LogP contribution in [0.3, 0.4) is 0 Å². The molecule has 276 valence electrons. The molecule has 0 unspecified atom stereocenters. The second-order valence-electron chi connectivity index (χ2n) is 12.2. The van der Waals surface area contributed by atoms with Gasteiger partial charge in [-0.3, -0.25) is 9.59 Å². The molecular weight excluding hydrogens is 701 g/mol. The molecule has 0 saturated carbocycles. The van der Waals surface area contributed by atoms with Gasteiger partial charge in [-0.05, 0) is 66.2 Å². The summed E-state index contributed by atoms with van der Waals surface area (Å²) in [5.74, 6) is -0.587. The summed E-state index contributed by atoms with van der Waals surface area (Å²) in [6.45, 7) is -0.543. The molecule has 1 aliphatic heterocycles. The minimum absolute atomic E-state index is 0.0334. The summed E-state index contributed by atoms with van der Waals surface area (Å²) in [7, 11) is -2.47. The van der Waals surface area contributed by atoms with Crippen molar-refractivity contribution in [3.63, 3.8) is 0 Å². The average Bonchev–Trinajstić information content (AvgIpc) is 3.62. The molecule has 53 heavy (non-hydrogen) atoms. The lowest BCUT2D eigenvalue weighted by molar-refractivity contribution is -0.146. The lowest BCUT2D eigenvalue weighted by atomic mass is 9.92. The first-order valence-electron chi connectivity index (χ1n) is 16.9. The third-order valence-corrected chi connectivity index (χ3v) is 10.7. The number of methoxy groups -OCH3 is 1. The fourth-order valence-corrected chi connectivity index (χ4v) is 7.33. The van der Waals surface area contributed by atoms with Crippen molar-refractivity contribution < 1.29 is 41.7 Å². The second kappa shape index (κ2) is 16.8. The van der Waals surface area contributed by atoms with Crippen molar-refractivity contribution in [1.82, 2.24) is 9.62 Å². The smallest absolute Gasteiger partial charge is 0.286 e. The van der Waals surface area contributed by atoms with Crippen molar-refractivity contribution in [2.45, 2.75) is 30.1 Å². The molecule has 5 N–H and O–H groups in total. The number of carbonyl (C=O) groups is 2. The van der Waals surface area contributed by atoms with Crippen molar-refractivity contribution in [3.05, 3.63) is 132 Å². The van der Waals surface area contributed by atoms with Crippen LogP contribution in [0.15, 0.2) is 124 Å². The van der Waals surface area contributed by atoms with Gasteiger partial charge in [-0.15, -0.1) is 0 Å². The maximum absolute atomic E-state index is 13.5. The highest BCUT2D eigenvalue weighted by Crippen LogP contribution is 2.36. The molecule has 4 aromatic carbocycles. The van der Waals surface area contributed by atoms with Crippen LogP contribution < -0.4 is 21.1 Å². The molecule has 2 heterocycles. The fourth-order valence-electron chi connectivity index (χ4n) is 5.92. The number of nitrogen functional groups attached to an aromatic ring is 1. The van der Waals surface area contributed by atoms with E-state index >= 15 is 0 Å². The van der Waals surface area contributed by atoms with E-state index < -0.39 is 28.8 Å². The molecule has 6 rings (SSSR count). The first-order chi connectivity index (χ1) is 25.7. The number of hydrogen-bond acceptors (Lipinski definition) is 10. The number of nitrogens with one attached hydrogen (secondary N) is 2. The molecule has 1 aromatic heterocycles. The Balaban J connectivity index is 1.13. The number of ether oxygens (including phenoxy) is 3. The van der Waals surface area contributed by atoms with Crippen LogP contribution in [0.5, 0.6) is 5.75 Å². The van der Waals surface area contributed by atoms with E-state index in [4.69, 9.17) is 24.4 Å². The monoisotopic (exact) mass is 740 g/mol. The van der Waals surface area contributed by atoms with Gasteiger partial charge in [0.05, 0.1) is 42.9 Å². The molecule has 2 amide bonds. The lowest BCUT2D eigenvalue weighted by Crippen LogP contribution is -2.38. The number of carbonyl (C=O) groups excluding carboxylic acids is 2. The molecule has 0 radical (unpaired) electrons. The fraction of sp³-hybridized carbons (Fsp3) is 0.231. The number of allylic oxidation sites excluding steroid dienone is 1. The number of furan rings is 1. The molecule has 0 fully saturated rings. The van der Waals surface area contributed by atoms with Gasteiger partial charge in [-0.25, -0.2) is 8.42 Å². The minimum Gasteiger partial charge on any atom is -0.497 e. The van der Waals surface area contributed by atoms with E-state index in [0.717, 1.165) is 20.8 Å². The SMILES string of the molecule is COc1ccc(S(=O)(=O)N(CCO)CCO[C@H]2C[C@@H](c3coc4ccccc34)C=C(C(=O)NCc3ccc(C(=O)Nc4ccccc4N)cc3)O2)cc1. The second-order valence-corrected chi connectivity index (χ2v) is 14.1. The first kappa shape index (κ1) is 37.1. The van der Waals surface area contributed by atoms with Gasteiger partial charge in [0.1, 0.15) is 11.3 Å². The maximum atomic E-state index is 13.5. The Morgan fingerprint density at radius 1 is 0.943 bits per heavy atom. The van der Waals surface area contributed by atoms with Crippen LogP contribution in [-0.4, -0.2) is 69.3 Å². The number of nitrogens with two attached hydrogens (primary N) is 1. The molecule has 14 heteroatoms. The largest absolute Gasteiger partial charge is 0.497 e. The number of sulfonamides is 1. The number of nitrogens with zero attached hydrogens (tertiary/aromatic N) is 1. The van der Waals surface area contributed by atoms with Gasteiger partial charge in [-0.2, -0.15) is 4.31 Å². The predicted octanol–water partition coefficient (Wildman–Crippen LogP) is 5.01. The number of anilines is 2. The van der Waals surface area contributed by atoms with E-state index in [1.54, 1.807) is 73.0 Å². The summed E-state index contributed by atoms with van der Waals surface area (Å²) in [4.78, 5) is 26.3. The summed E-state index contributed by atoms with van der Waals surface area (Å²) in [6, 6.07) is 27.3. The van der Waals surface area contributed by atoms with Crippen LogP contribution >= 0.6 is 0 Å². The van der Waals surface area contributed by atoms with Crippen LogP contribution in [0.1, 0.15) is 33.8 Å². The summed E-state index contributed by atoms with van der Waals surface area (Å²) >= 11 is 0. The van der Waals surface area contributed by atoms with E-state index in [1.165, 1.54) is 19.2 Å². The highest BCUT2D eigenvalue weighted by Gasteiger charge is 2.31. The highest BCUT2D eigenvalue weighted by molar-refractivity contribution is 7.89. The van der Waals surface area contributed by atoms with E-state index in [-0.39, 0.29) is 48.7 Å². The van der Waals surface area contributed by atoms with E-state index in [9.17, 15) is 23.1 Å². The number of para-hydroxylation sites is 3. The Morgan fingerprint density at radius 3 is 2.42 bits per heavy atom. The Kier molecular flexibility index (Phi) is 11.7. The Bertz CT molecular complexity index is 2180. The quantitative estimate of drug-likeness (QED) is 0.107. The molecule has 5 aromatic rings. The summed E-state index contributed by atoms with van der Waals surface area (Å²) in [5, 5.41) is 16.2. The molecule has 2 atom stereocenters. The van der Waals surface area contributed by atoms with E-state index in [1.807, 2.05) is 24.3 Å². The molecule has 1 aliphatic rings. The maximum Gasteiger partial charge on any atom is 0.286 e. The van der Waals surface area contributed by atoms with Crippen molar-refractivity contribution in [3.8, 4) is 5.75 Å². The minimum atomic E-state index is -3.96. The number of amides is 2. The third kappa shape index (κ3) is 8.87. The number of hydrogen-bond donors (Lipinski definition) is 4. The van der Waals surface area contributed by atoms with Crippen molar-refractivity contribution in [1.29, 1.82) is 0 Å². The summed E-state index contributed by atoms with van der Waals surface area (Å²) in [6.07, 6.45) is 2.79. The average molecular weight is 741 g/mol.